The molecule has 2 N–H and O–H groups in total. The van der Waals surface area contributed by atoms with Gasteiger partial charge in [0.05, 0.1) is 0 Å². The first-order chi connectivity index (χ1) is 10.1. The fourth-order valence-electron chi connectivity index (χ4n) is 1.46. The molecule has 0 aromatic heterocycles. The zero-order chi connectivity index (χ0) is 20.2. The molecule has 0 aliphatic rings. The molecule has 16 heteroatoms. The van der Waals surface area contributed by atoms with Crippen LogP contribution in [0.25, 0.3) is 0 Å². The van der Waals surface area contributed by atoms with E-state index in [4.69, 9.17) is 10.2 Å². The van der Waals surface area contributed by atoms with Gasteiger partial charge in [-0.1, -0.05) is 0 Å². The Morgan fingerprint density at radius 1 is 0.542 bits per heavy atom. The molecule has 0 aromatic carbocycles. The monoisotopic (exact) mass is 390 g/mol. The zero-order valence-electron chi connectivity index (χ0n) is 10.2. The number of hydrogen-bond acceptors (Lipinski definition) is 2. The van der Waals surface area contributed by atoms with Crippen LogP contribution in [0.3, 0.4) is 0 Å². The molecule has 142 valence electrons. The third-order valence-electron chi connectivity index (χ3n) is 2.70. The van der Waals surface area contributed by atoms with Gasteiger partial charge < -0.3 is 10.2 Å². The molecule has 0 bridgehead atoms. The minimum Gasteiger partial charge on any atom is -0.480 e. The van der Waals surface area contributed by atoms with Crippen LogP contribution >= 0.6 is 0 Å². The second kappa shape index (κ2) is 5.30. The molecule has 0 spiro atoms. The van der Waals surface area contributed by atoms with Crippen molar-refractivity contribution in [3.8, 4) is 0 Å². The molecule has 0 radical (unpaired) electrons. The summed E-state index contributed by atoms with van der Waals surface area (Å²) in [5.74, 6) is -32.1. The Bertz CT molecular complexity index is 516. The third-order valence-corrected chi connectivity index (χ3v) is 2.70. The predicted octanol–water partition coefficient (Wildman–Crippen LogP) is 3.17. The number of halogens is 12. The molecule has 24 heavy (non-hydrogen) atoms. The maximum Gasteiger partial charge on any atom is 0.420 e. The van der Waals surface area contributed by atoms with E-state index in [1.807, 2.05) is 0 Å². The number of carboxylic acids is 2. The van der Waals surface area contributed by atoms with E-state index in [0.29, 0.717) is 0 Å². The molecule has 0 aromatic rings. The van der Waals surface area contributed by atoms with Crippen molar-refractivity contribution in [3.05, 3.63) is 0 Å². The second-order valence-electron chi connectivity index (χ2n) is 4.08. The predicted molar refractivity (Wildman–Crippen MR) is 44.7 cm³/mol. The van der Waals surface area contributed by atoms with Gasteiger partial charge in [0.15, 0.2) is 0 Å². The van der Waals surface area contributed by atoms with E-state index in [9.17, 15) is 62.3 Å². The zero-order valence-corrected chi connectivity index (χ0v) is 10.2. The molecule has 0 unspecified atom stereocenters. The van der Waals surface area contributed by atoms with Gasteiger partial charge >= 0.3 is 47.5 Å². The van der Waals surface area contributed by atoms with Crippen molar-refractivity contribution in [2.45, 2.75) is 30.1 Å². The van der Waals surface area contributed by atoms with Crippen LogP contribution in [0.1, 0.15) is 0 Å². The molecule has 0 rings (SSSR count). The SMILES string of the molecule is O=C(O)C(F)(F)C(F)(F)C(F)(F)C(C(=O)O)(C(F)(F)F)C(F)(F)F. The van der Waals surface area contributed by atoms with E-state index in [0.717, 1.165) is 0 Å². The average molecular weight is 390 g/mol. The molecule has 0 heterocycles. The van der Waals surface area contributed by atoms with Gasteiger partial charge in [0, 0.05) is 0 Å². The highest BCUT2D eigenvalue weighted by Crippen LogP contribution is 2.65. The minimum atomic E-state index is -8.15. The van der Waals surface area contributed by atoms with E-state index in [-0.39, 0.29) is 0 Å². The van der Waals surface area contributed by atoms with Gasteiger partial charge in [0.2, 0.25) is 0 Å². The lowest BCUT2D eigenvalue weighted by Gasteiger charge is -2.42. The Kier molecular flexibility index (Phi) is 4.88. The van der Waals surface area contributed by atoms with Crippen molar-refractivity contribution in [2.24, 2.45) is 5.41 Å². The lowest BCUT2D eigenvalue weighted by Crippen LogP contribution is -2.74. The first-order valence-corrected chi connectivity index (χ1v) is 4.87. The van der Waals surface area contributed by atoms with Crippen LogP contribution in [0.4, 0.5) is 52.7 Å². The highest BCUT2D eigenvalue weighted by atomic mass is 19.4. The van der Waals surface area contributed by atoms with Crippen molar-refractivity contribution < 1.29 is 72.5 Å². The smallest absolute Gasteiger partial charge is 0.420 e. The van der Waals surface area contributed by atoms with E-state index in [1.165, 1.54) is 0 Å². The Labute approximate surface area is 121 Å². The van der Waals surface area contributed by atoms with Gasteiger partial charge in [0.1, 0.15) is 0 Å². The van der Waals surface area contributed by atoms with E-state index in [1.54, 1.807) is 0 Å². The number of carbonyl (C=O) groups is 2. The van der Waals surface area contributed by atoms with Crippen LogP contribution in [-0.2, 0) is 9.59 Å². The van der Waals surface area contributed by atoms with Gasteiger partial charge in [-0.2, -0.15) is 52.7 Å². The fourth-order valence-corrected chi connectivity index (χ4v) is 1.46. The van der Waals surface area contributed by atoms with Crippen molar-refractivity contribution in [1.29, 1.82) is 0 Å². The Hall–Kier alpha value is -1.90. The van der Waals surface area contributed by atoms with E-state index in [2.05, 4.69) is 0 Å². The molecule has 4 nitrogen and oxygen atoms in total. The van der Waals surface area contributed by atoms with Crippen LogP contribution in [0.5, 0.6) is 0 Å². The first kappa shape index (κ1) is 22.1. The summed E-state index contributed by atoms with van der Waals surface area (Å²) in [6.07, 6.45) is -15.5. The third kappa shape index (κ3) is 2.42. The Morgan fingerprint density at radius 3 is 1.00 bits per heavy atom. The summed E-state index contributed by atoms with van der Waals surface area (Å²) < 4.78 is 152. The summed E-state index contributed by atoms with van der Waals surface area (Å²) in [6, 6.07) is 0. The summed E-state index contributed by atoms with van der Waals surface area (Å²) in [4.78, 5) is 20.1. The molecule has 0 amide bonds. The lowest BCUT2D eigenvalue weighted by molar-refractivity contribution is -0.432. The van der Waals surface area contributed by atoms with Gasteiger partial charge in [0.25, 0.3) is 0 Å². The van der Waals surface area contributed by atoms with Gasteiger partial charge in [-0.15, -0.1) is 0 Å². The standard InChI is InChI=1S/C8H2F12O4/c9-4(10,2(23)24)6(13,14)5(11,12)3(1(21)22,7(15,16)17)8(18,19)20/h(H,21,22)(H,23,24). The number of rotatable bonds is 5. The van der Waals surface area contributed by atoms with Crippen LogP contribution < -0.4 is 0 Å². The van der Waals surface area contributed by atoms with Crippen molar-refractivity contribution >= 4 is 11.9 Å². The highest BCUT2D eigenvalue weighted by Gasteiger charge is 2.96. The van der Waals surface area contributed by atoms with E-state index >= 15 is 0 Å². The van der Waals surface area contributed by atoms with Crippen molar-refractivity contribution in [3.63, 3.8) is 0 Å². The molecular formula is C8H2F12O4. The number of hydrogen-bond donors (Lipinski definition) is 2. The van der Waals surface area contributed by atoms with Gasteiger partial charge in [-0.05, 0) is 0 Å². The fraction of sp³-hybridized carbons (Fsp3) is 0.750. The largest absolute Gasteiger partial charge is 0.480 e. The summed E-state index contributed by atoms with van der Waals surface area (Å²) >= 11 is 0. The molecule has 0 atom stereocenters. The van der Waals surface area contributed by atoms with Crippen molar-refractivity contribution in [1.82, 2.24) is 0 Å². The average Bonchev–Trinajstić information content (AvgIpc) is 2.22. The quantitative estimate of drug-likeness (QED) is 0.708. The van der Waals surface area contributed by atoms with Gasteiger partial charge in [-0.25, -0.2) is 4.79 Å². The molecule has 0 fully saturated rings. The maximum atomic E-state index is 13.3. The molecule has 0 saturated carbocycles. The molecule has 0 saturated heterocycles. The summed E-state index contributed by atoms with van der Waals surface area (Å²) in [7, 11) is 0. The lowest BCUT2D eigenvalue weighted by atomic mass is 9.74. The normalized spacial score (nSPS) is 15.3. The van der Waals surface area contributed by atoms with E-state index < -0.39 is 47.5 Å². The second-order valence-corrected chi connectivity index (χ2v) is 4.08. The van der Waals surface area contributed by atoms with Crippen molar-refractivity contribution in [2.75, 3.05) is 0 Å². The number of carboxylic acid groups (broad SMARTS) is 2. The minimum absolute atomic E-state index is 4.21. The van der Waals surface area contributed by atoms with Gasteiger partial charge in [-0.3, -0.25) is 4.79 Å². The van der Waals surface area contributed by atoms with Crippen LogP contribution in [0.15, 0.2) is 0 Å². The first-order valence-electron chi connectivity index (χ1n) is 4.87. The Balaban J connectivity index is 7.08. The number of alkyl halides is 12. The summed E-state index contributed by atoms with van der Waals surface area (Å²) in [5.41, 5.74) is -7.71. The summed E-state index contributed by atoms with van der Waals surface area (Å²) in [6.45, 7) is 0. The van der Waals surface area contributed by atoms with Crippen LogP contribution in [-0.4, -0.2) is 52.3 Å². The number of aliphatic carboxylic acids is 2. The molecule has 0 aliphatic carbocycles. The highest BCUT2D eigenvalue weighted by molar-refractivity contribution is 5.81. The maximum absolute atomic E-state index is 13.3. The molecular weight excluding hydrogens is 388 g/mol. The van der Waals surface area contributed by atoms with Crippen LogP contribution in [0, 0.1) is 5.41 Å². The topological polar surface area (TPSA) is 74.6 Å². The Morgan fingerprint density at radius 2 is 0.833 bits per heavy atom. The summed E-state index contributed by atoms with van der Waals surface area (Å²) in [5, 5.41) is 15.6. The van der Waals surface area contributed by atoms with Crippen LogP contribution in [0.2, 0.25) is 0 Å². The molecule has 0 aliphatic heterocycles.